The zero-order valence-electron chi connectivity index (χ0n) is 9.24. The number of nitrogens with two attached hydrogens (primary N) is 1. The zero-order valence-corrected chi connectivity index (χ0v) is 10.1. The van der Waals surface area contributed by atoms with Crippen LogP contribution >= 0.6 is 11.3 Å². The fourth-order valence-corrected chi connectivity index (χ4v) is 2.60. The van der Waals surface area contributed by atoms with E-state index in [0.29, 0.717) is 22.9 Å². The average Bonchev–Trinajstić information content (AvgIpc) is 2.94. The summed E-state index contributed by atoms with van der Waals surface area (Å²) in [7, 11) is 0. The topological polar surface area (TPSA) is 78.9 Å². The fourth-order valence-electron chi connectivity index (χ4n) is 2.13. The molecule has 2 N–H and O–H groups in total. The highest BCUT2D eigenvalue weighted by molar-refractivity contribution is 7.16. The number of anilines is 1. The summed E-state index contributed by atoms with van der Waals surface area (Å²) in [4.78, 5) is 0. The molecule has 0 radical (unpaired) electrons. The lowest BCUT2D eigenvalue weighted by Gasteiger charge is -2.22. The smallest absolute Gasteiger partial charge is 0.295 e. The molecule has 3 heterocycles. The van der Waals surface area contributed by atoms with Crippen molar-refractivity contribution in [2.75, 3.05) is 12.3 Å². The summed E-state index contributed by atoms with van der Waals surface area (Å²) in [5.74, 6) is 0.386. The van der Waals surface area contributed by atoms with Crippen LogP contribution in [-0.4, -0.2) is 26.6 Å². The van der Waals surface area contributed by atoms with Crippen LogP contribution in [0.4, 0.5) is 5.13 Å². The maximum Gasteiger partial charge on any atom is 0.295 e. The summed E-state index contributed by atoms with van der Waals surface area (Å²) >= 11 is 1.27. The highest BCUT2D eigenvalue weighted by Gasteiger charge is 2.21. The van der Waals surface area contributed by atoms with E-state index in [1.54, 1.807) is 0 Å². The van der Waals surface area contributed by atoms with Gasteiger partial charge in [-0.15, -0.1) is 5.10 Å². The standard InChI is InChI=1S/C10H13N5OS/c11-9-13-14-10(17-9)16-6-7-2-1-5-15-8(7)3-4-12-15/h3-4,7H,1-2,5-6H2,(H2,11,13). The second kappa shape index (κ2) is 4.33. The Bertz CT molecular complexity index is 508. The highest BCUT2D eigenvalue weighted by Crippen LogP contribution is 2.28. The van der Waals surface area contributed by atoms with E-state index >= 15 is 0 Å². The van der Waals surface area contributed by atoms with Gasteiger partial charge >= 0.3 is 0 Å². The predicted octanol–water partition coefficient (Wildman–Crippen LogP) is 1.27. The highest BCUT2D eigenvalue weighted by atomic mass is 32.1. The van der Waals surface area contributed by atoms with Gasteiger partial charge in [0, 0.05) is 24.4 Å². The number of nitrogen functional groups attached to an aromatic ring is 1. The molecule has 0 saturated heterocycles. The Kier molecular flexibility index (Phi) is 2.68. The molecule has 1 aliphatic rings. The van der Waals surface area contributed by atoms with Crippen molar-refractivity contribution in [3.8, 4) is 5.19 Å². The first-order valence-corrected chi connectivity index (χ1v) is 6.38. The second-order valence-electron chi connectivity index (χ2n) is 4.04. The van der Waals surface area contributed by atoms with Crippen molar-refractivity contribution in [1.82, 2.24) is 20.0 Å². The molecule has 0 bridgehead atoms. The van der Waals surface area contributed by atoms with Crippen LogP contribution in [0, 0.1) is 0 Å². The van der Waals surface area contributed by atoms with E-state index in [1.807, 2.05) is 10.9 Å². The molecule has 2 aromatic rings. The molecule has 0 fully saturated rings. The normalized spacial score (nSPS) is 18.9. The van der Waals surface area contributed by atoms with Gasteiger partial charge in [-0.25, -0.2) is 0 Å². The van der Waals surface area contributed by atoms with Gasteiger partial charge in [-0.2, -0.15) is 5.10 Å². The van der Waals surface area contributed by atoms with Gasteiger partial charge in [-0.3, -0.25) is 4.68 Å². The van der Waals surface area contributed by atoms with Gasteiger partial charge in [0.15, 0.2) is 0 Å². The van der Waals surface area contributed by atoms with Crippen LogP contribution in [0.5, 0.6) is 5.19 Å². The molecule has 90 valence electrons. The molecule has 3 rings (SSSR count). The summed E-state index contributed by atoms with van der Waals surface area (Å²) in [6, 6.07) is 2.06. The summed E-state index contributed by atoms with van der Waals surface area (Å²) < 4.78 is 7.66. The Labute approximate surface area is 102 Å². The third-order valence-corrected chi connectivity index (χ3v) is 3.59. The molecule has 0 aromatic carbocycles. The van der Waals surface area contributed by atoms with Crippen LogP contribution in [-0.2, 0) is 6.54 Å². The molecule has 6 nitrogen and oxygen atoms in total. The van der Waals surface area contributed by atoms with E-state index in [4.69, 9.17) is 10.5 Å². The lowest BCUT2D eigenvalue weighted by Crippen LogP contribution is -2.20. The number of fused-ring (bicyclic) bond motifs is 1. The first-order chi connectivity index (χ1) is 8.33. The Hall–Kier alpha value is -1.63. The minimum absolute atomic E-state index is 0.386. The van der Waals surface area contributed by atoms with Gasteiger partial charge in [0.05, 0.1) is 6.61 Å². The third-order valence-electron chi connectivity index (χ3n) is 2.92. The van der Waals surface area contributed by atoms with Gasteiger partial charge in [-0.05, 0) is 30.2 Å². The molecule has 17 heavy (non-hydrogen) atoms. The molecule has 1 aliphatic heterocycles. The van der Waals surface area contributed by atoms with Crippen LogP contribution in [0.15, 0.2) is 12.3 Å². The van der Waals surface area contributed by atoms with Crippen LogP contribution in [0.3, 0.4) is 0 Å². The molecule has 1 unspecified atom stereocenters. The molecular weight excluding hydrogens is 238 g/mol. The van der Waals surface area contributed by atoms with Gasteiger partial charge in [0.2, 0.25) is 5.13 Å². The zero-order chi connectivity index (χ0) is 11.7. The summed E-state index contributed by atoms with van der Waals surface area (Å²) in [6.07, 6.45) is 4.11. The first-order valence-electron chi connectivity index (χ1n) is 5.56. The van der Waals surface area contributed by atoms with Crippen LogP contribution < -0.4 is 10.5 Å². The van der Waals surface area contributed by atoms with Crippen molar-refractivity contribution in [2.45, 2.75) is 25.3 Å². The van der Waals surface area contributed by atoms with E-state index < -0.39 is 0 Å². The van der Waals surface area contributed by atoms with Crippen LogP contribution in [0.2, 0.25) is 0 Å². The van der Waals surface area contributed by atoms with Crippen molar-refractivity contribution in [1.29, 1.82) is 0 Å². The average molecular weight is 251 g/mol. The van der Waals surface area contributed by atoms with Crippen molar-refractivity contribution in [3.05, 3.63) is 18.0 Å². The Balaban J connectivity index is 1.67. The van der Waals surface area contributed by atoms with Gasteiger partial charge in [-0.1, -0.05) is 5.10 Å². The fraction of sp³-hybridized carbons (Fsp3) is 0.500. The largest absolute Gasteiger partial charge is 0.468 e. The van der Waals surface area contributed by atoms with E-state index in [0.717, 1.165) is 19.4 Å². The minimum Gasteiger partial charge on any atom is -0.468 e. The van der Waals surface area contributed by atoms with E-state index in [-0.39, 0.29) is 0 Å². The van der Waals surface area contributed by atoms with Crippen LogP contribution in [0.25, 0.3) is 0 Å². The Morgan fingerprint density at radius 2 is 2.47 bits per heavy atom. The summed E-state index contributed by atoms with van der Waals surface area (Å²) in [5, 5.41) is 12.8. The van der Waals surface area contributed by atoms with Gasteiger partial charge in [0.1, 0.15) is 0 Å². The van der Waals surface area contributed by atoms with Crippen molar-refractivity contribution >= 4 is 16.5 Å². The number of aryl methyl sites for hydroxylation is 1. The summed E-state index contributed by atoms with van der Waals surface area (Å²) in [6.45, 7) is 1.62. The number of nitrogens with zero attached hydrogens (tertiary/aromatic N) is 4. The minimum atomic E-state index is 0.386. The molecule has 0 spiro atoms. The molecule has 0 saturated carbocycles. The maximum absolute atomic E-state index is 5.62. The molecule has 0 aliphatic carbocycles. The Morgan fingerprint density at radius 3 is 3.29 bits per heavy atom. The molecule has 0 amide bonds. The van der Waals surface area contributed by atoms with Gasteiger partial charge in [0.25, 0.3) is 5.19 Å². The number of hydrogen-bond acceptors (Lipinski definition) is 6. The first kappa shape index (κ1) is 10.5. The third kappa shape index (κ3) is 2.10. The monoisotopic (exact) mass is 251 g/mol. The predicted molar refractivity (Wildman–Crippen MR) is 64.0 cm³/mol. The lowest BCUT2D eigenvalue weighted by molar-refractivity contribution is 0.255. The van der Waals surface area contributed by atoms with Crippen LogP contribution in [0.1, 0.15) is 24.5 Å². The van der Waals surface area contributed by atoms with E-state index in [2.05, 4.69) is 21.4 Å². The number of hydrogen-bond donors (Lipinski definition) is 1. The quantitative estimate of drug-likeness (QED) is 0.888. The second-order valence-corrected chi connectivity index (χ2v) is 5.01. The van der Waals surface area contributed by atoms with E-state index in [9.17, 15) is 0 Å². The Morgan fingerprint density at radius 1 is 1.53 bits per heavy atom. The van der Waals surface area contributed by atoms with E-state index in [1.165, 1.54) is 17.0 Å². The molecule has 7 heteroatoms. The number of rotatable bonds is 3. The number of aromatic nitrogens is 4. The van der Waals surface area contributed by atoms with Gasteiger partial charge < -0.3 is 10.5 Å². The van der Waals surface area contributed by atoms with Crippen molar-refractivity contribution in [2.24, 2.45) is 0 Å². The van der Waals surface area contributed by atoms with Crippen molar-refractivity contribution in [3.63, 3.8) is 0 Å². The molecular formula is C10H13N5OS. The molecule has 1 atom stereocenters. The maximum atomic E-state index is 5.62. The SMILES string of the molecule is Nc1nnc(OCC2CCCn3nccc32)s1. The molecule has 2 aromatic heterocycles. The summed E-state index contributed by atoms with van der Waals surface area (Å²) in [5.41, 5.74) is 6.74. The van der Waals surface area contributed by atoms with Crippen molar-refractivity contribution < 1.29 is 4.74 Å². The number of ether oxygens (including phenoxy) is 1. The lowest BCUT2D eigenvalue weighted by atomic mass is 9.97.